The average molecular weight is 471 g/mol. The molecule has 35 heavy (non-hydrogen) atoms. The van der Waals surface area contributed by atoms with E-state index in [1.54, 1.807) is 27.7 Å². The summed E-state index contributed by atoms with van der Waals surface area (Å²) in [6.07, 6.45) is 10.0. The van der Waals surface area contributed by atoms with Crippen LogP contribution >= 0.6 is 0 Å². The molecular weight excluding hydrogens is 444 g/mol. The summed E-state index contributed by atoms with van der Waals surface area (Å²) >= 11 is 0. The second kappa shape index (κ2) is 9.41. The normalized spacial score (nSPS) is 15.3. The van der Waals surface area contributed by atoms with Gasteiger partial charge in [0.25, 0.3) is 5.56 Å². The van der Waals surface area contributed by atoms with Gasteiger partial charge in [0.05, 0.1) is 17.7 Å². The number of amides is 2. The number of nitrogens with one attached hydrogen (secondary N) is 3. The van der Waals surface area contributed by atoms with Gasteiger partial charge in [0.2, 0.25) is 5.95 Å². The maximum atomic E-state index is 12.9. The Bertz CT molecular complexity index is 1490. The molecule has 1 aliphatic heterocycles. The highest BCUT2D eigenvalue weighted by Gasteiger charge is 2.15. The molecule has 5 rings (SSSR count). The van der Waals surface area contributed by atoms with E-state index in [0.717, 1.165) is 28.9 Å². The van der Waals surface area contributed by atoms with Crippen molar-refractivity contribution in [2.24, 2.45) is 10.9 Å². The van der Waals surface area contributed by atoms with Gasteiger partial charge in [-0.15, -0.1) is 0 Å². The van der Waals surface area contributed by atoms with Crippen molar-refractivity contribution in [1.29, 1.82) is 0 Å². The Balaban J connectivity index is 1.52. The Morgan fingerprint density at radius 3 is 2.86 bits per heavy atom. The lowest BCUT2D eigenvalue weighted by Crippen LogP contribution is -2.28. The van der Waals surface area contributed by atoms with Gasteiger partial charge in [-0.25, -0.2) is 14.5 Å². The first-order valence-corrected chi connectivity index (χ1v) is 11.5. The second-order valence-electron chi connectivity index (χ2n) is 8.51. The van der Waals surface area contributed by atoms with Crippen LogP contribution in [-0.2, 0) is 6.54 Å². The molecule has 0 fully saturated rings. The first-order valence-electron chi connectivity index (χ1n) is 11.5. The summed E-state index contributed by atoms with van der Waals surface area (Å²) in [5, 5.41) is 9.74. The van der Waals surface area contributed by atoms with Crippen LogP contribution in [0.2, 0.25) is 0 Å². The molecule has 1 unspecified atom stereocenters. The maximum Gasteiger partial charge on any atom is 0.321 e. The number of rotatable bonds is 6. The van der Waals surface area contributed by atoms with Crippen LogP contribution in [0.3, 0.4) is 0 Å². The number of benzene rings is 1. The molecule has 1 aromatic carbocycles. The van der Waals surface area contributed by atoms with Crippen molar-refractivity contribution in [3.05, 3.63) is 71.6 Å². The number of carbonyl (C=O) groups excluding carboxylic acids is 1. The van der Waals surface area contributed by atoms with Crippen molar-refractivity contribution in [2.75, 3.05) is 11.9 Å². The average Bonchev–Trinajstić information content (AvgIpc) is 3.50. The van der Waals surface area contributed by atoms with Crippen LogP contribution in [0.25, 0.3) is 27.8 Å². The lowest BCUT2D eigenvalue weighted by atomic mass is 10.0. The number of fused-ring (bicyclic) bond motifs is 1. The summed E-state index contributed by atoms with van der Waals surface area (Å²) in [7, 11) is 0. The zero-order chi connectivity index (χ0) is 24.4. The monoisotopic (exact) mass is 470 g/mol. The molecule has 4 heterocycles. The number of pyridine rings is 1. The third kappa shape index (κ3) is 4.77. The smallest absolute Gasteiger partial charge is 0.321 e. The first kappa shape index (κ1) is 22.3. The van der Waals surface area contributed by atoms with Crippen molar-refractivity contribution in [3.8, 4) is 16.8 Å². The van der Waals surface area contributed by atoms with E-state index in [1.165, 1.54) is 0 Å². The van der Waals surface area contributed by atoms with E-state index in [1.807, 2.05) is 43.6 Å². The van der Waals surface area contributed by atoms with Crippen LogP contribution in [0.1, 0.15) is 20.3 Å². The van der Waals surface area contributed by atoms with Gasteiger partial charge in [-0.3, -0.25) is 15.1 Å². The number of urea groups is 1. The van der Waals surface area contributed by atoms with Gasteiger partial charge in [0, 0.05) is 43.1 Å². The van der Waals surface area contributed by atoms with E-state index in [4.69, 9.17) is 0 Å². The van der Waals surface area contributed by atoms with Gasteiger partial charge in [0.1, 0.15) is 5.52 Å². The molecule has 10 nitrogen and oxygen atoms in total. The Morgan fingerprint density at radius 2 is 2.11 bits per heavy atom. The Kier molecular flexibility index (Phi) is 6.01. The highest BCUT2D eigenvalue weighted by atomic mass is 16.2. The number of hydrogen-bond donors (Lipinski definition) is 3. The summed E-state index contributed by atoms with van der Waals surface area (Å²) in [4.78, 5) is 37.0. The number of aromatic amines is 1. The van der Waals surface area contributed by atoms with Crippen molar-refractivity contribution in [1.82, 2.24) is 29.6 Å². The topological polar surface area (TPSA) is 122 Å². The van der Waals surface area contributed by atoms with Crippen LogP contribution in [-0.4, -0.2) is 42.6 Å². The molecule has 0 radical (unpaired) electrons. The quantitative estimate of drug-likeness (QED) is 0.398. The molecule has 10 heteroatoms. The maximum absolute atomic E-state index is 12.9. The van der Waals surface area contributed by atoms with E-state index in [0.29, 0.717) is 36.0 Å². The molecule has 0 saturated heterocycles. The fraction of sp³-hybridized carbons (Fsp3) is 0.240. The van der Waals surface area contributed by atoms with Crippen LogP contribution in [0.5, 0.6) is 0 Å². The number of aromatic nitrogens is 5. The first-order chi connectivity index (χ1) is 17.0. The number of H-pyrrole nitrogens is 1. The number of aliphatic imine (C=N–C) groups is 1. The van der Waals surface area contributed by atoms with Gasteiger partial charge in [-0.2, -0.15) is 5.10 Å². The predicted molar refractivity (Wildman–Crippen MR) is 136 cm³/mol. The third-order valence-electron chi connectivity index (χ3n) is 5.80. The lowest BCUT2D eigenvalue weighted by molar-refractivity contribution is 0.252. The molecule has 3 N–H and O–H groups in total. The van der Waals surface area contributed by atoms with Crippen LogP contribution in [0.15, 0.2) is 71.0 Å². The van der Waals surface area contributed by atoms with Crippen molar-refractivity contribution >= 4 is 28.7 Å². The van der Waals surface area contributed by atoms with E-state index in [-0.39, 0.29) is 11.6 Å². The number of nitrogens with zero attached hydrogens (tertiary/aromatic N) is 5. The fourth-order valence-electron chi connectivity index (χ4n) is 4.13. The number of anilines is 1. The van der Waals surface area contributed by atoms with Crippen LogP contribution in [0, 0.1) is 5.92 Å². The van der Waals surface area contributed by atoms with Crippen molar-refractivity contribution in [3.63, 3.8) is 0 Å². The minimum atomic E-state index is -0.344. The molecular formula is C25H26N8O2. The summed E-state index contributed by atoms with van der Waals surface area (Å²) in [5.74, 6) is 0.746. The van der Waals surface area contributed by atoms with Crippen molar-refractivity contribution < 1.29 is 4.79 Å². The van der Waals surface area contributed by atoms with Crippen LogP contribution in [0.4, 0.5) is 10.7 Å². The molecule has 178 valence electrons. The number of hydrogen-bond acceptors (Lipinski definition) is 5. The molecule has 1 atom stereocenters. The largest absolute Gasteiger partial charge is 0.338 e. The van der Waals surface area contributed by atoms with Gasteiger partial charge >= 0.3 is 6.03 Å². The molecule has 3 aromatic heterocycles. The van der Waals surface area contributed by atoms with E-state index in [2.05, 4.69) is 43.7 Å². The molecule has 1 aliphatic rings. The molecule has 0 spiro atoms. The van der Waals surface area contributed by atoms with Crippen molar-refractivity contribution in [2.45, 2.75) is 26.8 Å². The fourth-order valence-corrected chi connectivity index (χ4v) is 4.13. The minimum absolute atomic E-state index is 0.101. The van der Waals surface area contributed by atoms with E-state index >= 15 is 0 Å². The highest BCUT2D eigenvalue weighted by molar-refractivity contribution is 5.94. The standard InChI is InChI=1S/C25H26N8O2/c1-3-26-25(35)31-24-29-20-12-18(13-21(23(20)30-24)33-9-4-7-28-33)17-6-10-32(22(34)14-17)15-19-11-16(2)5-8-27-19/h4-10,12-14,16H,3,11,15H2,1-2H3,(H3,26,29,30,31,35). The third-order valence-corrected chi connectivity index (χ3v) is 5.80. The van der Waals surface area contributed by atoms with Gasteiger partial charge in [-0.1, -0.05) is 13.0 Å². The van der Waals surface area contributed by atoms with E-state index in [9.17, 15) is 9.59 Å². The molecule has 0 saturated carbocycles. The van der Waals surface area contributed by atoms with Crippen LogP contribution < -0.4 is 16.2 Å². The molecule has 0 bridgehead atoms. The Hall–Kier alpha value is -4.47. The Labute approximate surface area is 201 Å². The number of allylic oxidation sites excluding steroid dienone is 1. The summed E-state index contributed by atoms with van der Waals surface area (Å²) in [6, 6.07) is 8.87. The predicted octanol–water partition coefficient (Wildman–Crippen LogP) is 3.71. The lowest BCUT2D eigenvalue weighted by Gasteiger charge is -2.15. The minimum Gasteiger partial charge on any atom is -0.338 e. The van der Waals surface area contributed by atoms with E-state index < -0.39 is 0 Å². The molecule has 4 aromatic rings. The van der Waals surface area contributed by atoms with Gasteiger partial charge in [-0.05, 0) is 54.7 Å². The number of imidazole rings is 1. The zero-order valence-corrected chi connectivity index (χ0v) is 19.5. The van der Waals surface area contributed by atoms with Gasteiger partial charge < -0.3 is 14.9 Å². The summed E-state index contributed by atoms with van der Waals surface area (Å²) in [5.41, 5.74) is 4.57. The highest BCUT2D eigenvalue weighted by Crippen LogP contribution is 2.29. The Morgan fingerprint density at radius 1 is 1.23 bits per heavy atom. The van der Waals surface area contributed by atoms with Gasteiger partial charge in [0.15, 0.2) is 0 Å². The summed E-state index contributed by atoms with van der Waals surface area (Å²) in [6.45, 7) is 4.95. The molecule has 2 amide bonds. The number of carbonyl (C=O) groups is 1. The summed E-state index contributed by atoms with van der Waals surface area (Å²) < 4.78 is 3.38. The zero-order valence-electron chi connectivity index (χ0n) is 19.5. The second-order valence-corrected chi connectivity index (χ2v) is 8.51. The SMILES string of the molecule is CCNC(=O)Nc1nc2c(-n3cccn3)cc(-c3ccn(CC4=NC=CC(C)C4)c(=O)c3)cc2[nH]1. The molecule has 0 aliphatic carbocycles.